The summed E-state index contributed by atoms with van der Waals surface area (Å²) in [6.07, 6.45) is 2.84. The van der Waals surface area contributed by atoms with Crippen LogP contribution in [-0.2, 0) is 32.0 Å². The molecule has 0 aliphatic carbocycles. The van der Waals surface area contributed by atoms with Crippen molar-refractivity contribution in [3.8, 4) is 5.75 Å². The summed E-state index contributed by atoms with van der Waals surface area (Å²) in [5.41, 5.74) is 0.798. The standard InChI is InChI=1S/C24H32N2O5/c1-18(2)12-22-24(31-17-29-4,23(27)26(22)16-28-3)14-20-13-21(10-11-25-20)30-15-19-8-6-5-7-9-19/h5-11,13,18,22H,12,14-17H2,1-4H3/t22-,24+/m0/s1. The van der Waals surface area contributed by atoms with Crippen LogP contribution in [0.2, 0.25) is 0 Å². The maximum absolute atomic E-state index is 13.2. The summed E-state index contributed by atoms with van der Waals surface area (Å²) in [7, 11) is 3.14. The van der Waals surface area contributed by atoms with Gasteiger partial charge in [0.15, 0.2) is 5.60 Å². The van der Waals surface area contributed by atoms with Gasteiger partial charge in [0, 0.05) is 38.6 Å². The topological polar surface area (TPSA) is 70.1 Å². The number of amides is 1. The van der Waals surface area contributed by atoms with Gasteiger partial charge in [0.1, 0.15) is 25.9 Å². The van der Waals surface area contributed by atoms with Crippen LogP contribution in [0, 0.1) is 5.92 Å². The molecule has 31 heavy (non-hydrogen) atoms. The second kappa shape index (κ2) is 10.7. The molecule has 1 amide bonds. The van der Waals surface area contributed by atoms with Gasteiger partial charge in [-0.3, -0.25) is 9.78 Å². The number of aromatic nitrogens is 1. The Morgan fingerprint density at radius 2 is 1.90 bits per heavy atom. The van der Waals surface area contributed by atoms with Gasteiger partial charge in [0.2, 0.25) is 0 Å². The molecule has 1 aliphatic heterocycles. The zero-order chi connectivity index (χ0) is 22.3. The van der Waals surface area contributed by atoms with E-state index in [0.29, 0.717) is 24.7 Å². The van der Waals surface area contributed by atoms with E-state index in [1.807, 2.05) is 42.5 Å². The van der Waals surface area contributed by atoms with Crippen LogP contribution < -0.4 is 4.74 Å². The molecule has 2 heterocycles. The van der Waals surface area contributed by atoms with Crippen LogP contribution >= 0.6 is 0 Å². The molecule has 3 rings (SSSR count). The van der Waals surface area contributed by atoms with Crippen molar-refractivity contribution >= 4 is 5.91 Å². The predicted molar refractivity (Wildman–Crippen MR) is 116 cm³/mol. The Morgan fingerprint density at radius 1 is 1.13 bits per heavy atom. The Bertz CT molecular complexity index is 845. The van der Waals surface area contributed by atoms with E-state index in [4.69, 9.17) is 18.9 Å². The van der Waals surface area contributed by atoms with E-state index in [1.54, 1.807) is 25.3 Å². The lowest BCUT2D eigenvalue weighted by Crippen LogP contribution is -2.76. The number of rotatable bonds is 12. The number of carbonyl (C=O) groups is 1. The molecule has 1 aliphatic rings. The number of methoxy groups -OCH3 is 2. The second-order valence-electron chi connectivity index (χ2n) is 8.21. The highest BCUT2D eigenvalue weighted by molar-refractivity contribution is 5.93. The lowest BCUT2D eigenvalue weighted by Gasteiger charge is -2.55. The van der Waals surface area contributed by atoms with Crippen LogP contribution in [0.15, 0.2) is 48.7 Å². The molecule has 168 valence electrons. The number of nitrogens with zero attached hydrogens (tertiary/aromatic N) is 2. The number of β-lactam (4-membered cyclic amide) rings is 1. The Morgan fingerprint density at radius 3 is 2.58 bits per heavy atom. The molecular formula is C24H32N2O5. The number of hydrogen-bond acceptors (Lipinski definition) is 6. The van der Waals surface area contributed by atoms with Crippen LogP contribution in [0.5, 0.6) is 5.75 Å². The van der Waals surface area contributed by atoms with Gasteiger partial charge in [-0.25, -0.2) is 0 Å². The van der Waals surface area contributed by atoms with E-state index in [2.05, 4.69) is 18.8 Å². The summed E-state index contributed by atoms with van der Waals surface area (Å²) in [5, 5.41) is 0. The summed E-state index contributed by atoms with van der Waals surface area (Å²) >= 11 is 0. The first-order valence-electron chi connectivity index (χ1n) is 10.5. The first-order chi connectivity index (χ1) is 15.0. The minimum Gasteiger partial charge on any atom is -0.489 e. The maximum Gasteiger partial charge on any atom is 0.259 e. The number of hydrogen-bond donors (Lipinski definition) is 0. The fraction of sp³-hybridized carbons (Fsp3) is 0.500. The number of benzene rings is 1. The highest BCUT2D eigenvalue weighted by Crippen LogP contribution is 2.41. The van der Waals surface area contributed by atoms with Gasteiger partial charge in [-0.2, -0.15) is 0 Å². The van der Waals surface area contributed by atoms with Crippen LogP contribution in [0.3, 0.4) is 0 Å². The lowest BCUT2D eigenvalue weighted by molar-refractivity contribution is -0.235. The zero-order valence-electron chi connectivity index (χ0n) is 18.7. The van der Waals surface area contributed by atoms with Crippen LogP contribution in [-0.4, -0.2) is 55.2 Å². The van der Waals surface area contributed by atoms with Crippen molar-refractivity contribution in [2.75, 3.05) is 27.7 Å². The van der Waals surface area contributed by atoms with Gasteiger partial charge in [0.05, 0.1) is 6.04 Å². The van der Waals surface area contributed by atoms with Crippen molar-refractivity contribution < 1.29 is 23.7 Å². The minimum absolute atomic E-state index is 0.0331. The fourth-order valence-corrected chi connectivity index (χ4v) is 3.98. The molecule has 1 aromatic carbocycles. The van der Waals surface area contributed by atoms with Gasteiger partial charge in [-0.05, 0) is 24.0 Å². The van der Waals surface area contributed by atoms with Crippen LogP contribution in [0.1, 0.15) is 31.5 Å². The number of likely N-dealkylation sites (tertiary alicyclic amines) is 1. The van der Waals surface area contributed by atoms with E-state index in [-0.39, 0.29) is 25.5 Å². The quantitative estimate of drug-likeness (QED) is 0.381. The molecule has 0 N–H and O–H groups in total. The highest BCUT2D eigenvalue weighted by Gasteiger charge is 2.61. The van der Waals surface area contributed by atoms with E-state index >= 15 is 0 Å². The lowest BCUT2D eigenvalue weighted by atomic mass is 9.75. The molecule has 0 unspecified atom stereocenters. The molecule has 0 bridgehead atoms. The molecule has 1 fully saturated rings. The van der Waals surface area contributed by atoms with Gasteiger partial charge in [-0.15, -0.1) is 0 Å². The molecule has 0 spiro atoms. The molecule has 2 atom stereocenters. The molecule has 7 heteroatoms. The average Bonchev–Trinajstić information content (AvgIpc) is 2.78. The van der Waals surface area contributed by atoms with Crippen molar-refractivity contribution in [1.29, 1.82) is 0 Å². The first kappa shape index (κ1) is 23.2. The van der Waals surface area contributed by atoms with Crippen LogP contribution in [0.25, 0.3) is 0 Å². The van der Waals surface area contributed by atoms with Gasteiger partial charge < -0.3 is 23.8 Å². The highest BCUT2D eigenvalue weighted by atomic mass is 16.7. The van der Waals surface area contributed by atoms with Gasteiger partial charge >= 0.3 is 0 Å². The monoisotopic (exact) mass is 428 g/mol. The Kier molecular flexibility index (Phi) is 8.01. The normalized spacial score (nSPS) is 20.7. The third-order valence-electron chi connectivity index (χ3n) is 5.41. The smallest absolute Gasteiger partial charge is 0.259 e. The third kappa shape index (κ3) is 5.42. The zero-order valence-corrected chi connectivity index (χ0v) is 18.7. The number of carbonyl (C=O) groups excluding carboxylic acids is 1. The van der Waals surface area contributed by atoms with Crippen molar-refractivity contribution in [2.45, 2.75) is 44.9 Å². The van der Waals surface area contributed by atoms with Crippen LogP contribution in [0.4, 0.5) is 0 Å². The van der Waals surface area contributed by atoms with E-state index < -0.39 is 5.60 Å². The van der Waals surface area contributed by atoms with E-state index in [9.17, 15) is 4.79 Å². The van der Waals surface area contributed by atoms with Crippen molar-refractivity contribution in [3.63, 3.8) is 0 Å². The largest absolute Gasteiger partial charge is 0.489 e. The van der Waals surface area contributed by atoms with Crippen molar-refractivity contribution in [2.24, 2.45) is 5.92 Å². The molecule has 7 nitrogen and oxygen atoms in total. The second-order valence-corrected chi connectivity index (χ2v) is 8.21. The minimum atomic E-state index is -1.02. The summed E-state index contributed by atoms with van der Waals surface area (Å²) in [6.45, 7) is 5.00. The molecule has 1 saturated heterocycles. The predicted octanol–water partition coefficient (Wildman–Crippen LogP) is 3.42. The third-order valence-corrected chi connectivity index (χ3v) is 5.41. The Hall–Kier alpha value is -2.48. The van der Waals surface area contributed by atoms with Crippen molar-refractivity contribution in [1.82, 2.24) is 9.88 Å². The first-order valence-corrected chi connectivity index (χ1v) is 10.5. The summed E-state index contributed by atoms with van der Waals surface area (Å²) in [6, 6.07) is 13.6. The molecule has 0 saturated carbocycles. The SMILES string of the molecule is COCO[C@@]1(Cc2cc(OCc3ccccc3)ccn2)C(=O)N(COC)[C@H]1CC(C)C. The number of pyridine rings is 1. The molecular weight excluding hydrogens is 396 g/mol. The van der Waals surface area contributed by atoms with Gasteiger partial charge in [-0.1, -0.05) is 44.2 Å². The maximum atomic E-state index is 13.2. The fourth-order valence-electron chi connectivity index (χ4n) is 3.98. The number of ether oxygens (including phenoxy) is 4. The summed E-state index contributed by atoms with van der Waals surface area (Å²) in [4.78, 5) is 19.4. The molecule has 2 aromatic rings. The van der Waals surface area contributed by atoms with Gasteiger partial charge in [0.25, 0.3) is 5.91 Å². The van der Waals surface area contributed by atoms with Crippen molar-refractivity contribution in [3.05, 3.63) is 59.9 Å². The summed E-state index contributed by atoms with van der Waals surface area (Å²) in [5.74, 6) is 0.989. The Labute approximate surface area is 184 Å². The molecule has 1 aromatic heterocycles. The summed E-state index contributed by atoms with van der Waals surface area (Å²) < 4.78 is 22.4. The van der Waals surface area contributed by atoms with E-state index in [0.717, 1.165) is 17.7 Å². The van der Waals surface area contributed by atoms with E-state index in [1.165, 1.54) is 0 Å². The average molecular weight is 429 g/mol. The Balaban J connectivity index is 1.79. The molecule has 0 radical (unpaired) electrons.